The first-order chi connectivity index (χ1) is 11.2. The molecule has 2 aromatic carbocycles. The Kier molecular flexibility index (Phi) is 3.86. The molecule has 0 radical (unpaired) electrons. The van der Waals surface area contributed by atoms with Crippen LogP contribution in [-0.4, -0.2) is 19.7 Å². The highest BCUT2D eigenvalue weighted by Gasteiger charge is 2.39. The molecule has 0 bridgehead atoms. The molecular weight excluding hydrogens is 282 g/mol. The lowest BCUT2D eigenvalue weighted by molar-refractivity contribution is 0.127. The van der Waals surface area contributed by atoms with Crippen LogP contribution in [0.4, 0.5) is 5.69 Å². The summed E-state index contributed by atoms with van der Waals surface area (Å²) in [7, 11) is 0. The molecule has 0 unspecified atom stereocenters. The Morgan fingerprint density at radius 1 is 1.09 bits per heavy atom. The molecule has 0 spiro atoms. The monoisotopic (exact) mass is 307 g/mol. The van der Waals surface area contributed by atoms with E-state index in [4.69, 9.17) is 4.74 Å². The predicted octanol–water partition coefficient (Wildman–Crippen LogP) is 4.32. The highest BCUT2D eigenvalue weighted by Crippen LogP contribution is 2.48. The third kappa shape index (κ3) is 3.13. The number of anilines is 1. The van der Waals surface area contributed by atoms with E-state index in [1.54, 1.807) is 5.56 Å². The zero-order chi connectivity index (χ0) is 15.7. The lowest BCUT2D eigenvalue weighted by atomic mass is 9.95. The second-order valence-corrected chi connectivity index (χ2v) is 7.18. The molecule has 0 amide bonds. The Balaban J connectivity index is 1.32. The number of fused-ring (bicyclic) bond motifs is 1. The molecule has 0 saturated heterocycles. The van der Waals surface area contributed by atoms with E-state index >= 15 is 0 Å². The van der Waals surface area contributed by atoms with Crippen molar-refractivity contribution in [2.75, 3.05) is 24.6 Å². The molecule has 1 heterocycles. The van der Waals surface area contributed by atoms with Crippen molar-refractivity contribution in [1.29, 1.82) is 0 Å². The number of hydrogen-bond donors (Lipinski definition) is 0. The third-order valence-corrected chi connectivity index (χ3v) is 5.39. The van der Waals surface area contributed by atoms with Gasteiger partial charge in [0, 0.05) is 18.8 Å². The van der Waals surface area contributed by atoms with E-state index < -0.39 is 0 Å². The van der Waals surface area contributed by atoms with Crippen LogP contribution in [0.3, 0.4) is 0 Å². The first-order valence-corrected chi connectivity index (χ1v) is 8.75. The maximum Gasteiger partial charge on any atom is 0.0717 e. The second-order valence-electron chi connectivity index (χ2n) is 7.18. The first kappa shape index (κ1) is 14.8. The fourth-order valence-corrected chi connectivity index (χ4v) is 3.49. The topological polar surface area (TPSA) is 12.5 Å². The maximum absolute atomic E-state index is 5.84. The molecule has 23 heavy (non-hydrogen) atoms. The van der Waals surface area contributed by atoms with E-state index in [0.29, 0.717) is 12.0 Å². The van der Waals surface area contributed by atoms with E-state index in [9.17, 15) is 0 Å². The molecule has 0 aromatic heterocycles. The van der Waals surface area contributed by atoms with Gasteiger partial charge < -0.3 is 9.64 Å². The number of nitrogens with zero attached hydrogens (tertiary/aromatic N) is 1. The molecule has 0 N–H and O–H groups in total. The minimum absolute atomic E-state index is 0.473. The van der Waals surface area contributed by atoms with Crippen molar-refractivity contribution in [2.24, 2.45) is 0 Å². The van der Waals surface area contributed by atoms with Crippen LogP contribution in [0, 0.1) is 0 Å². The average Bonchev–Trinajstić information content (AvgIpc) is 3.21. The molecule has 4 rings (SSSR count). The zero-order valence-corrected chi connectivity index (χ0v) is 13.9. The van der Waals surface area contributed by atoms with Gasteiger partial charge in [0.05, 0.1) is 13.2 Å². The zero-order valence-electron chi connectivity index (χ0n) is 13.9. The van der Waals surface area contributed by atoms with Crippen molar-refractivity contribution in [3.8, 4) is 0 Å². The van der Waals surface area contributed by atoms with Crippen molar-refractivity contribution < 1.29 is 4.74 Å². The van der Waals surface area contributed by atoms with Gasteiger partial charge in [-0.3, -0.25) is 0 Å². The Morgan fingerprint density at radius 2 is 1.91 bits per heavy atom. The van der Waals surface area contributed by atoms with Gasteiger partial charge in [0.25, 0.3) is 0 Å². The normalized spacial score (nSPS) is 18.0. The minimum atomic E-state index is 0.473. The van der Waals surface area contributed by atoms with E-state index in [2.05, 4.69) is 54.3 Å². The third-order valence-electron chi connectivity index (χ3n) is 5.39. The minimum Gasteiger partial charge on any atom is -0.375 e. The van der Waals surface area contributed by atoms with Crippen LogP contribution in [0.5, 0.6) is 0 Å². The Hall–Kier alpha value is -1.80. The van der Waals surface area contributed by atoms with Crippen molar-refractivity contribution in [3.63, 3.8) is 0 Å². The van der Waals surface area contributed by atoms with Gasteiger partial charge in [0.15, 0.2) is 0 Å². The lowest BCUT2D eigenvalue weighted by Gasteiger charge is -2.20. The van der Waals surface area contributed by atoms with E-state index in [1.165, 1.54) is 36.1 Å². The Morgan fingerprint density at radius 3 is 2.70 bits per heavy atom. The quantitative estimate of drug-likeness (QED) is 0.737. The molecule has 1 aliphatic heterocycles. The van der Waals surface area contributed by atoms with E-state index in [0.717, 1.165) is 19.7 Å². The van der Waals surface area contributed by atoms with Crippen LogP contribution in [-0.2, 0) is 23.2 Å². The van der Waals surface area contributed by atoms with Crippen molar-refractivity contribution in [2.45, 2.75) is 38.2 Å². The van der Waals surface area contributed by atoms with Gasteiger partial charge in [0.2, 0.25) is 0 Å². The fraction of sp³-hybridized carbons (Fsp3) is 0.429. The smallest absolute Gasteiger partial charge is 0.0717 e. The summed E-state index contributed by atoms with van der Waals surface area (Å²) in [5.74, 6) is 0. The van der Waals surface area contributed by atoms with Crippen LogP contribution in [0.15, 0.2) is 48.5 Å². The summed E-state index contributed by atoms with van der Waals surface area (Å²) in [6, 6.07) is 17.5. The maximum atomic E-state index is 5.84. The second kappa shape index (κ2) is 6.01. The average molecular weight is 307 g/mol. The van der Waals surface area contributed by atoms with Crippen LogP contribution in [0.25, 0.3) is 0 Å². The number of hydrogen-bond acceptors (Lipinski definition) is 2. The summed E-state index contributed by atoms with van der Waals surface area (Å²) in [5.41, 5.74) is 6.20. The SMILES string of the molecule is CC1(c2ccc3c(c2)CCN3CCOCc2ccccc2)CC1. The molecule has 2 aromatic rings. The summed E-state index contributed by atoms with van der Waals surface area (Å²) >= 11 is 0. The number of ether oxygens (including phenoxy) is 1. The van der Waals surface area contributed by atoms with Crippen molar-refractivity contribution >= 4 is 5.69 Å². The molecule has 1 aliphatic carbocycles. The summed E-state index contributed by atoms with van der Waals surface area (Å²) in [5, 5.41) is 0. The predicted molar refractivity (Wildman–Crippen MR) is 95.0 cm³/mol. The molecule has 1 saturated carbocycles. The largest absolute Gasteiger partial charge is 0.375 e. The van der Waals surface area contributed by atoms with Crippen molar-refractivity contribution in [3.05, 3.63) is 65.2 Å². The van der Waals surface area contributed by atoms with E-state index in [-0.39, 0.29) is 0 Å². The van der Waals surface area contributed by atoms with E-state index in [1.807, 2.05) is 6.07 Å². The molecular formula is C21H25NO. The number of rotatable bonds is 6. The Bertz CT molecular complexity index is 675. The van der Waals surface area contributed by atoms with Gasteiger partial charge in [-0.1, -0.05) is 49.4 Å². The van der Waals surface area contributed by atoms with Gasteiger partial charge in [0.1, 0.15) is 0 Å². The highest BCUT2D eigenvalue weighted by atomic mass is 16.5. The standard InChI is InChI=1S/C21H25NO/c1-21(10-11-21)19-7-8-20-18(15-19)9-12-22(20)13-14-23-16-17-5-3-2-4-6-17/h2-8,15H,9-14,16H2,1H3. The molecule has 2 heteroatoms. The van der Waals surface area contributed by atoms with Crippen LogP contribution in [0.1, 0.15) is 36.5 Å². The first-order valence-electron chi connectivity index (χ1n) is 8.75. The van der Waals surface area contributed by atoms with Crippen LogP contribution >= 0.6 is 0 Å². The highest BCUT2D eigenvalue weighted by molar-refractivity contribution is 5.60. The summed E-state index contributed by atoms with van der Waals surface area (Å²) in [6.45, 7) is 5.99. The van der Waals surface area contributed by atoms with Crippen LogP contribution < -0.4 is 4.90 Å². The van der Waals surface area contributed by atoms with Gasteiger partial charge in [-0.05, 0) is 47.4 Å². The number of benzene rings is 2. The molecule has 120 valence electrons. The van der Waals surface area contributed by atoms with Crippen molar-refractivity contribution in [1.82, 2.24) is 0 Å². The van der Waals surface area contributed by atoms with Gasteiger partial charge in [-0.15, -0.1) is 0 Å². The van der Waals surface area contributed by atoms with Crippen LogP contribution in [0.2, 0.25) is 0 Å². The molecule has 2 nitrogen and oxygen atoms in total. The van der Waals surface area contributed by atoms with Gasteiger partial charge in [-0.2, -0.15) is 0 Å². The Labute approximate surface area is 139 Å². The summed E-state index contributed by atoms with van der Waals surface area (Å²) in [4.78, 5) is 2.47. The molecule has 0 atom stereocenters. The summed E-state index contributed by atoms with van der Waals surface area (Å²) < 4.78 is 5.84. The molecule has 2 aliphatic rings. The fourth-order valence-electron chi connectivity index (χ4n) is 3.49. The van der Waals surface area contributed by atoms with Gasteiger partial charge >= 0.3 is 0 Å². The lowest BCUT2D eigenvalue weighted by Crippen LogP contribution is -2.25. The van der Waals surface area contributed by atoms with Gasteiger partial charge in [-0.25, -0.2) is 0 Å². The molecule has 1 fully saturated rings. The summed E-state index contributed by atoms with van der Waals surface area (Å²) in [6.07, 6.45) is 3.88.